The van der Waals surface area contributed by atoms with Gasteiger partial charge >= 0.3 is 89.5 Å². The minimum atomic E-state index is -9.76. The van der Waals surface area contributed by atoms with Crippen molar-refractivity contribution in [1.29, 1.82) is 0 Å². The summed E-state index contributed by atoms with van der Waals surface area (Å²) in [6.07, 6.45) is -21.8. The molecule has 0 aromatic carbocycles. The highest BCUT2D eigenvalue weighted by molar-refractivity contribution is 5.19. The molecular weight excluding hydrogens is 888 g/mol. The second kappa shape index (κ2) is 13.0. The van der Waals surface area contributed by atoms with E-state index in [9.17, 15) is 140 Å². The Balaban J connectivity index is 3.59. The van der Waals surface area contributed by atoms with E-state index in [1.807, 2.05) is 0 Å². The summed E-state index contributed by atoms with van der Waals surface area (Å²) in [6, 6.07) is -6.31. The largest absolute Gasteiger partial charge is 0.472 e. The van der Waals surface area contributed by atoms with Crippen LogP contribution in [0.15, 0.2) is 18.7 Å². The van der Waals surface area contributed by atoms with Crippen molar-refractivity contribution in [1.82, 2.24) is 4.57 Å². The molecule has 34 heteroatoms. The van der Waals surface area contributed by atoms with E-state index in [2.05, 4.69) is 0 Å². The Bertz CT molecular complexity index is 1510. The van der Waals surface area contributed by atoms with Gasteiger partial charge in [-0.3, -0.25) is 0 Å². The van der Waals surface area contributed by atoms with E-state index in [0.717, 1.165) is 0 Å². The second-order valence-electron chi connectivity index (χ2n) is 10.7. The normalized spacial score (nSPS) is 16.6. The van der Waals surface area contributed by atoms with Gasteiger partial charge in [0.15, 0.2) is 0 Å². The van der Waals surface area contributed by atoms with Crippen LogP contribution in [0.2, 0.25) is 0 Å². The van der Waals surface area contributed by atoms with E-state index in [4.69, 9.17) is 0 Å². The summed E-state index contributed by atoms with van der Waals surface area (Å²) in [5, 5.41) is 0. The molecule has 1 heterocycles. The maximum atomic E-state index is 14.0. The van der Waals surface area contributed by atoms with Crippen LogP contribution in [0.3, 0.4) is 0 Å². The van der Waals surface area contributed by atoms with Crippen LogP contribution in [0.25, 0.3) is 0 Å². The molecule has 0 bridgehead atoms. The molecule has 1 aromatic rings. The van der Waals surface area contributed by atoms with Crippen molar-refractivity contribution in [2.45, 2.75) is 109 Å². The Labute approximate surface area is 278 Å². The van der Waals surface area contributed by atoms with Gasteiger partial charge < -0.3 is 0 Å². The van der Waals surface area contributed by atoms with Gasteiger partial charge in [0, 0.05) is 6.42 Å². The van der Waals surface area contributed by atoms with Gasteiger partial charge in [-0.25, -0.2) is 4.57 Å². The van der Waals surface area contributed by atoms with Gasteiger partial charge in [0.25, 0.3) is 0 Å². The lowest BCUT2D eigenvalue weighted by Gasteiger charge is -2.45. The van der Waals surface area contributed by atoms with Gasteiger partial charge in [-0.1, -0.05) is 0 Å². The van der Waals surface area contributed by atoms with Crippen LogP contribution in [-0.2, 0) is 12.6 Å². The molecule has 326 valence electrons. The molecule has 0 aliphatic carbocycles. The van der Waals surface area contributed by atoms with Crippen LogP contribution in [0.4, 0.5) is 140 Å². The van der Waals surface area contributed by atoms with Gasteiger partial charge in [0.2, 0.25) is 6.33 Å². The summed E-state index contributed by atoms with van der Waals surface area (Å²) in [5.74, 6) is -107. The monoisotopic (exact) mass is 897 g/mol. The molecule has 0 amide bonds. The van der Waals surface area contributed by atoms with Crippen molar-refractivity contribution < 1.29 is 145 Å². The Kier molecular flexibility index (Phi) is 11.8. The van der Waals surface area contributed by atoms with E-state index in [0.29, 0.717) is 0 Å². The first-order valence-electron chi connectivity index (χ1n) is 12.6. The average Bonchev–Trinajstić information content (AvgIpc) is 3.44. The van der Waals surface area contributed by atoms with Crippen LogP contribution in [-0.4, -0.2) is 88.0 Å². The molecule has 0 atom stereocenters. The average molecular weight is 897 g/mol. The summed E-state index contributed by atoms with van der Waals surface area (Å²) in [5.41, 5.74) is 0. The minimum absolute atomic E-state index is 0.0956. The summed E-state index contributed by atoms with van der Waals surface area (Å²) in [7, 11) is 0. The molecule has 0 aliphatic heterocycles. The Morgan fingerprint density at radius 1 is 0.345 bits per heavy atom. The number of nitrogens with zero attached hydrogens (tertiary/aromatic N) is 2. The molecule has 0 aliphatic rings. The number of aromatic nitrogens is 2. The number of halogens is 32. The van der Waals surface area contributed by atoms with Gasteiger partial charge in [0.1, 0.15) is 12.4 Å². The third-order valence-corrected chi connectivity index (χ3v) is 7.02. The van der Waals surface area contributed by atoms with E-state index in [1.54, 1.807) is 0 Å². The fraction of sp³-hybridized carbons (Fsp3) is 0.857. The molecule has 55 heavy (non-hydrogen) atoms. The molecule has 0 saturated heterocycles. The van der Waals surface area contributed by atoms with Crippen molar-refractivity contribution in [3.8, 4) is 0 Å². The topological polar surface area (TPSA) is 8.81 Å². The van der Waals surface area contributed by atoms with E-state index >= 15 is 0 Å². The first-order valence-corrected chi connectivity index (χ1v) is 12.6. The highest BCUT2D eigenvalue weighted by atomic mass is 19.4. The minimum Gasteiger partial charge on any atom is -0.237 e. The van der Waals surface area contributed by atoms with Gasteiger partial charge in [0.05, 0.1) is 6.54 Å². The highest BCUT2D eigenvalue weighted by Gasteiger charge is 2.99. The zero-order valence-electron chi connectivity index (χ0n) is 24.3. The number of hydrogen-bond donors (Lipinski definition) is 0. The quantitative estimate of drug-likeness (QED) is 0.115. The maximum absolute atomic E-state index is 14.0. The summed E-state index contributed by atoms with van der Waals surface area (Å²) in [6.45, 7) is -1.77. The smallest absolute Gasteiger partial charge is 0.237 e. The first-order chi connectivity index (χ1) is 23.4. The van der Waals surface area contributed by atoms with E-state index in [1.165, 1.54) is 0 Å². The lowest BCUT2D eigenvalue weighted by atomic mass is 9.84. The third kappa shape index (κ3) is 6.61. The zero-order chi connectivity index (χ0) is 44.9. The molecule has 1 aromatic heterocycles. The zero-order valence-corrected chi connectivity index (χ0v) is 24.3. The molecule has 0 spiro atoms. The molecule has 1 rings (SSSR count). The molecule has 0 N–H and O–H groups in total. The SMILES string of the molecule is FC(F)(F)C(F)(F)C(F)(F)n1cc[n+](CCCC(F)(F)C(F)(F)C(F)(F)C(F)(F)C(F)(F)C(F)(F)C(F)(F)C(F)(F)C(F)(F)C(F)(F)C(F)(F)C(F)(F)F)c1. The third-order valence-electron chi connectivity index (χ3n) is 7.02. The predicted octanol–water partition coefficient (Wildman–Crippen LogP) is 10.9. The Morgan fingerprint density at radius 3 is 0.909 bits per heavy atom. The number of aryl methyl sites for hydroxylation is 1. The number of imidazole rings is 1. The molecule has 0 saturated carbocycles. The van der Waals surface area contributed by atoms with Gasteiger partial charge in [-0.2, -0.15) is 145 Å². The van der Waals surface area contributed by atoms with Crippen molar-refractivity contribution in [2.24, 2.45) is 0 Å². The summed E-state index contributed by atoms with van der Waals surface area (Å²) in [4.78, 5) is 0. The lowest BCUT2D eigenvalue weighted by molar-refractivity contribution is -0.698. The fourth-order valence-corrected chi connectivity index (χ4v) is 3.65. The van der Waals surface area contributed by atoms with Crippen molar-refractivity contribution in [2.75, 3.05) is 0 Å². The van der Waals surface area contributed by atoms with Crippen molar-refractivity contribution in [3.05, 3.63) is 18.7 Å². The highest BCUT2D eigenvalue weighted by Crippen LogP contribution is 2.68. The maximum Gasteiger partial charge on any atom is 0.472 e. The molecular formula is C21H9F32N2+. The van der Waals surface area contributed by atoms with Crippen LogP contribution in [0.5, 0.6) is 0 Å². The summed E-state index contributed by atoms with van der Waals surface area (Å²) < 4.78 is 427. The van der Waals surface area contributed by atoms with Crippen LogP contribution in [0, 0.1) is 0 Å². The Morgan fingerprint density at radius 2 is 0.618 bits per heavy atom. The second-order valence-corrected chi connectivity index (χ2v) is 10.7. The van der Waals surface area contributed by atoms with Crippen LogP contribution in [0.1, 0.15) is 12.8 Å². The van der Waals surface area contributed by atoms with Crippen LogP contribution < -0.4 is 4.57 Å². The number of alkyl halides is 32. The molecule has 0 radical (unpaired) electrons. The van der Waals surface area contributed by atoms with Crippen molar-refractivity contribution >= 4 is 0 Å². The fourth-order valence-electron chi connectivity index (χ4n) is 3.65. The first kappa shape index (κ1) is 50.0. The standard InChI is InChI=1S/C21H9F32N2/c22-7(23,2-1-3-54-4-5-55(6-54)21(52,53)18(44,45)20(49,50)51)8(24,25)9(26,27)10(28,29)11(30,31)12(32,33)13(34,35)14(36,37)15(38,39)16(40,41)17(42,43)19(46,47)48/h4-6H,1-3H2/q+1. The molecule has 0 fully saturated rings. The predicted molar refractivity (Wildman–Crippen MR) is 106 cm³/mol. The lowest BCUT2D eigenvalue weighted by Crippen LogP contribution is -2.78. The molecule has 2 nitrogen and oxygen atoms in total. The van der Waals surface area contributed by atoms with Crippen molar-refractivity contribution in [3.63, 3.8) is 0 Å². The number of rotatable bonds is 16. The van der Waals surface area contributed by atoms with Gasteiger partial charge in [-0.05, 0) is 6.42 Å². The Hall–Kier alpha value is -3.03. The van der Waals surface area contributed by atoms with Gasteiger partial charge in [-0.15, -0.1) is 0 Å². The van der Waals surface area contributed by atoms with Crippen LogP contribution >= 0.6 is 0 Å². The van der Waals surface area contributed by atoms with E-state index in [-0.39, 0.29) is 10.8 Å². The summed E-state index contributed by atoms with van der Waals surface area (Å²) >= 11 is 0. The van der Waals surface area contributed by atoms with E-state index < -0.39 is 126 Å². The number of hydrogen-bond acceptors (Lipinski definition) is 0. The molecule has 0 unspecified atom stereocenters.